The van der Waals surface area contributed by atoms with Crippen LogP contribution < -0.4 is 5.32 Å². The third-order valence-electron chi connectivity index (χ3n) is 2.74. The maximum absolute atomic E-state index is 12.0. The summed E-state index contributed by atoms with van der Waals surface area (Å²) in [5.41, 5.74) is 1.12. The quantitative estimate of drug-likeness (QED) is 0.746. The van der Waals surface area contributed by atoms with Crippen molar-refractivity contribution in [3.05, 3.63) is 62.2 Å². The summed E-state index contributed by atoms with van der Waals surface area (Å²) in [7, 11) is 0. The maximum atomic E-state index is 12.0. The number of hydrogen-bond acceptors (Lipinski definition) is 2. The summed E-state index contributed by atoms with van der Waals surface area (Å²) >= 11 is 7.88. The highest BCUT2D eigenvalue weighted by atomic mass is 127. The van der Waals surface area contributed by atoms with E-state index < -0.39 is 5.97 Å². The molecule has 0 fully saturated rings. The first-order chi connectivity index (χ1) is 9.95. The summed E-state index contributed by atoms with van der Waals surface area (Å²) in [6.07, 6.45) is 0.131. The molecule has 2 N–H and O–H groups in total. The zero-order valence-electron chi connectivity index (χ0n) is 10.8. The maximum Gasteiger partial charge on any atom is 0.337 e. The lowest BCUT2D eigenvalue weighted by Gasteiger charge is -2.09. The molecule has 2 rings (SSSR count). The highest BCUT2D eigenvalue weighted by Crippen LogP contribution is 2.19. The predicted octanol–water partition coefficient (Wildman–Crippen LogP) is 3.82. The number of carbonyl (C=O) groups is 2. The molecular formula is C15H11ClINO3. The van der Waals surface area contributed by atoms with Crippen LogP contribution in [0.15, 0.2) is 42.5 Å². The lowest BCUT2D eigenvalue weighted by atomic mass is 10.1. The van der Waals surface area contributed by atoms with Crippen LogP contribution in [-0.4, -0.2) is 17.0 Å². The van der Waals surface area contributed by atoms with Crippen molar-refractivity contribution in [2.75, 3.05) is 5.32 Å². The molecule has 0 aliphatic carbocycles. The lowest BCUT2D eigenvalue weighted by molar-refractivity contribution is -0.115. The molecule has 2 aromatic rings. The molecule has 0 spiro atoms. The second-order valence-electron chi connectivity index (χ2n) is 4.35. The molecule has 2 aromatic carbocycles. The highest BCUT2D eigenvalue weighted by molar-refractivity contribution is 14.1. The van der Waals surface area contributed by atoms with Crippen molar-refractivity contribution in [2.24, 2.45) is 0 Å². The molecule has 0 bridgehead atoms. The van der Waals surface area contributed by atoms with Crippen molar-refractivity contribution in [3.63, 3.8) is 0 Å². The zero-order chi connectivity index (χ0) is 15.4. The minimum atomic E-state index is -1.08. The van der Waals surface area contributed by atoms with Crippen molar-refractivity contribution >= 4 is 51.8 Å². The minimum Gasteiger partial charge on any atom is -0.478 e. The number of amides is 1. The normalized spacial score (nSPS) is 10.2. The van der Waals surface area contributed by atoms with Crippen LogP contribution in [0.5, 0.6) is 0 Å². The third-order valence-corrected chi connectivity index (χ3v) is 3.65. The first-order valence-electron chi connectivity index (χ1n) is 6.03. The first kappa shape index (κ1) is 15.8. The molecule has 4 nitrogen and oxygen atoms in total. The zero-order valence-corrected chi connectivity index (χ0v) is 13.7. The van der Waals surface area contributed by atoms with Gasteiger partial charge in [0, 0.05) is 8.59 Å². The van der Waals surface area contributed by atoms with Crippen LogP contribution in [0.25, 0.3) is 0 Å². The number of carbonyl (C=O) groups excluding carboxylic acids is 1. The van der Waals surface area contributed by atoms with Crippen LogP contribution in [0, 0.1) is 3.57 Å². The van der Waals surface area contributed by atoms with Gasteiger partial charge in [-0.25, -0.2) is 4.79 Å². The largest absolute Gasteiger partial charge is 0.478 e. The van der Waals surface area contributed by atoms with E-state index in [2.05, 4.69) is 5.32 Å². The van der Waals surface area contributed by atoms with Gasteiger partial charge in [-0.1, -0.05) is 23.7 Å². The number of carboxylic acids is 1. The average molecular weight is 416 g/mol. The lowest BCUT2D eigenvalue weighted by Crippen LogP contribution is -2.17. The van der Waals surface area contributed by atoms with E-state index in [1.165, 1.54) is 6.07 Å². The summed E-state index contributed by atoms with van der Waals surface area (Å²) < 4.78 is 0.790. The second kappa shape index (κ2) is 6.91. The Bertz CT molecular complexity index is 703. The molecule has 21 heavy (non-hydrogen) atoms. The number of carboxylic acid groups (broad SMARTS) is 1. The van der Waals surface area contributed by atoms with E-state index in [0.29, 0.717) is 5.02 Å². The molecule has 0 aromatic heterocycles. The molecule has 0 unspecified atom stereocenters. The summed E-state index contributed by atoms with van der Waals surface area (Å²) in [4.78, 5) is 23.2. The third kappa shape index (κ3) is 4.44. The van der Waals surface area contributed by atoms with Crippen LogP contribution in [0.3, 0.4) is 0 Å². The van der Waals surface area contributed by atoms with Gasteiger partial charge in [-0.05, 0) is 58.5 Å². The van der Waals surface area contributed by atoms with Gasteiger partial charge in [0.15, 0.2) is 0 Å². The highest BCUT2D eigenvalue weighted by Gasteiger charge is 2.13. The van der Waals surface area contributed by atoms with Crippen LogP contribution in [0.1, 0.15) is 15.9 Å². The van der Waals surface area contributed by atoms with Crippen LogP contribution in [0.2, 0.25) is 5.02 Å². The Hall–Kier alpha value is -1.60. The Balaban J connectivity index is 2.15. The standard InChI is InChI=1S/C15H11ClINO3/c16-10-3-1-2-9(6-10)7-14(19)18-13-5-4-11(17)8-12(13)15(20)21/h1-6,8H,7H2,(H,18,19)(H,20,21). The Labute approximate surface area is 140 Å². The molecule has 0 saturated carbocycles. The molecule has 6 heteroatoms. The smallest absolute Gasteiger partial charge is 0.337 e. The summed E-state index contributed by atoms with van der Waals surface area (Å²) in [6, 6.07) is 11.8. The summed E-state index contributed by atoms with van der Waals surface area (Å²) in [5.74, 6) is -1.37. The topological polar surface area (TPSA) is 66.4 Å². The van der Waals surface area contributed by atoms with Crippen molar-refractivity contribution in [1.29, 1.82) is 0 Å². The fourth-order valence-corrected chi connectivity index (χ4v) is 2.53. The van der Waals surface area contributed by atoms with Crippen molar-refractivity contribution in [1.82, 2.24) is 0 Å². The SMILES string of the molecule is O=C(Cc1cccc(Cl)c1)Nc1ccc(I)cc1C(=O)O. The van der Waals surface area contributed by atoms with E-state index >= 15 is 0 Å². The minimum absolute atomic E-state index is 0.0707. The van der Waals surface area contributed by atoms with Crippen molar-refractivity contribution in [2.45, 2.75) is 6.42 Å². The molecule has 0 aliphatic heterocycles. The molecular weight excluding hydrogens is 405 g/mol. The number of anilines is 1. The fourth-order valence-electron chi connectivity index (χ4n) is 1.83. The van der Waals surface area contributed by atoms with E-state index in [9.17, 15) is 9.59 Å². The van der Waals surface area contributed by atoms with Crippen molar-refractivity contribution < 1.29 is 14.7 Å². The number of hydrogen-bond donors (Lipinski definition) is 2. The van der Waals surface area contributed by atoms with Gasteiger partial charge in [0.25, 0.3) is 0 Å². The van der Waals surface area contributed by atoms with E-state index in [-0.39, 0.29) is 23.6 Å². The van der Waals surface area contributed by atoms with E-state index in [0.717, 1.165) is 9.13 Å². The van der Waals surface area contributed by atoms with Gasteiger partial charge in [0.1, 0.15) is 0 Å². The molecule has 0 atom stereocenters. The number of benzene rings is 2. The Morgan fingerprint density at radius 2 is 1.95 bits per heavy atom. The summed E-state index contributed by atoms with van der Waals surface area (Å²) in [6.45, 7) is 0. The molecule has 0 saturated heterocycles. The van der Waals surface area contributed by atoms with Gasteiger partial charge in [0.2, 0.25) is 5.91 Å². The monoisotopic (exact) mass is 415 g/mol. The number of rotatable bonds is 4. The van der Waals surface area contributed by atoms with E-state index in [1.807, 2.05) is 22.6 Å². The van der Waals surface area contributed by atoms with Gasteiger partial charge in [-0.15, -0.1) is 0 Å². The Morgan fingerprint density at radius 1 is 1.19 bits per heavy atom. The molecule has 108 valence electrons. The first-order valence-corrected chi connectivity index (χ1v) is 7.48. The number of nitrogens with one attached hydrogen (secondary N) is 1. The Morgan fingerprint density at radius 3 is 2.62 bits per heavy atom. The van der Waals surface area contributed by atoms with Gasteiger partial charge in [0.05, 0.1) is 17.7 Å². The fraction of sp³-hybridized carbons (Fsp3) is 0.0667. The molecule has 0 heterocycles. The van der Waals surface area contributed by atoms with Crippen LogP contribution >= 0.6 is 34.2 Å². The van der Waals surface area contributed by atoms with Crippen LogP contribution in [0.4, 0.5) is 5.69 Å². The number of aromatic carboxylic acids is 1. The molecule has 0 aliphatic rings. The van der Waals surface area contributed by atoms with E-state index in [4.69, 9.17) is 16.7 Å². The van der Waals surface area contributed by atoms with Crippen molar-refractivity contribution in [3.8, 4) is 0 Å². The summed E-state index contributed by atoms with van der Waals surface area (Å²) in [5, 5.41) is 12.3. The van der Waals surface area contributed by atoms with E-state index in [1.54, 1.807) is 36.4 Å². The predicted molar refractivity (Wildman–Crippen MR) is 89.9 cm³/mol. The molecule has 1 amide bonds. The average Bonchev–Trinajstić information content (AvgIpc) is 2.40. The molecule has 0 radical (unpaired) electrons. The van der Waals surface area contributed by atoms with Gasteiger partial charge in [-0.3, -0.25) is 4.79 Å². The second-order valence-corrected chi connectivity index (χ2v) is 6.03. The number of halogens is 2. The Kier molecular flexibility index (Phi) is 5.19. The van der Waals surface area contributed by atoms with Gasteiger partial charge >= 0.3 is 5.97 Å². The van der Waals surface area contributed by atoms with Gasteiger partial charge in [-0.2, -0.15) is 0 Å². The van der Waals surface area contributed by atoms with Gasteiger partial charge < -0.3 is 10.4 Å². The van der Waals surface area contributed by atoms with Crippen LogP contribution in [-0.2, 0) is 11.2 Å².